The molecule has 0 aromatic heterocycles. The van der Waals surface area contributed by atoms with Gasteiger partial charge in [0.1, 0.15) is 11.8 Å². The fourth-order valence-corrected chi connectivity index (χ4v) is 1.38. The molecular weight excluding hydrogens is 208 g/mol. The molecule has 1 unspecified atom stereocenters. The fraction of sp³-hybridized carbons (Fsp3) is 0.818. The first-order valence-electron chi connectivity index (χ1n) is 5.75. The number of carboxylic acid groups (broad SMARTS) is 1. The first-order chi connectivity index (χ1) is 7.49. The Labute approximate surface area is 96.2 Å². The van der Waals surface area contributed by atoms with Crippen molar-refractivity contribution in [2.75, 3.05) is 0 Å². The molecule has 0 radical (unpaired) electrons. The molecule has 0 aliphatic carbocycles. The van der Waals surface area contributed by atoms with E-state index < -0.39 is 18.1 Å². The molecule has 5 nitrogen and oxygen atoms in total. The van der Waals surface area contributed by atoms with Gasteiger partial charge < -0.3 is 16.6 Å². The minimum atomic E-state index is -1.05. The van der Waals surface area contributed by atoms with Crippen LogP contribution in [0, 0.1) is 0 Å². The lowest BCUT2D eigenvalue weighted by atomic mass is 10.0. The largest absolute Gasteiger partial charge is 0.480 e. The number of carboxylic acids is 1. The maximum absolute atomic E-state index is 11.5. The molecule has 0 fully saturated rings. The lowest BCUT2D eigenvalue weighted by molar-refractivity contribution is -0.138. The molecule has 0 saturated heterocycles. The minimum absolute atomic E-state index is 0.00559. The van der Waals surface area contributed by atoms with Gasteiger partial charge in [0.05, 0.1) is 6.04 Å². The molecule has 5 heteroatoms. The topological polar surface area (TPSA) is 106 Å². The summed E-state index contributed by atoms with van der Waals surface area (Å²) in [6.07, 6.45) is 4.01. The number of hydrogen-bond donors (Lipinski definition) is 3. The second-order valence-electron chi connectivity index (χ2n) is 4.05. The van der Waals surface area contributed by atoms with Gasteiger partial charge in [-0.3, -0.25) is 9.59 Å². The number of Topliss-reactive ketones (excluding diaryl/α,β-unsaturated/α-hetero) is 1. The third-order valence-electron chi connectivity index (χ3n) is 2.55. The highest BCUT2D eigenvalue weighted by molar-refractivity contribution is 5.83. The molecule has 0 spiro atoms. The van der Waals surface area contributed by atoms with E-state index in [1.807, 2.05) is 0 Å². The lowest BCUT2D eigenvalue weighted by Crippen LogP contribution is -2.35. The van der Waals surface area contributed by atoms with Gasteiger partial charge in [-0.15, -0.1) is 0 Å². The van der Waals surface area contributed by atoms with Gasteiger partial charge >= 0.3 is 5.97 Å². The van der Waals surface area contributed by atoms with E-state index >= 15 is 0 Å². The second kappa shape index (κ2) is 8.24. The van der Waals surface area contributed by atoms with E-state index in [1.165, 1.54) is 0 Å². The number of nitrogens with two attached hydrogens (primary N) is 2. The van der Waals surface area contributed by atoms with Gasteiger partial charge in [-0.2, -0.15) is 0 Å². The van der Waals surface area contributed by atoms with Gasteiger partial charge in [0.2, 0.25) is 0 Å². The first kappa shape index (κ1) is 15.1. The lowest BCUT2D eigenvalue weighted by Gasteiger charge is -2.12. The summed E-state index contributed by atoms with van der Waals surface area (Å²) in [5.41, 5.74) is 11.0. The predicted octanol–water partition coefficient (Wildman–Crippen LogP) is 0.655. The van der Waals surface area contributed by atoms with Crippen LogP contribution in [0.15, 0.2) is 0 Å². The van der Waals surface area contributed by atoms with Crippen LogP contribution in [0.4, 0.5) is 0 Å². The summed E-state index contributed by atoms with van der Waals surface area (Å²) >= 11 is 0. The number of aliphatic carboxylic acids is 1. The summed E-state index contributed by atoms with van der Waals surface area (Å²) < 4.78 is 0. The van der Waals surface area contributed by atoms with Gasteiger partial charge in [-0.1, -0.05) is 19.8 Å². The highest BCUT2D eigenvalue weighted by atomic mass is 16.4. The first-order valence-corrected chi connectivity index (χ1v) is 5.75. The van der Waals surface area contributed by atoms with Crippen molar-refractivity contribution in [2.24, 2.45) is 11.5 Å². The van der Waals surface area contributed by atoms with Crippen LogP contribution >= 0.6 is 0 Å². The fourth-order valence-electron chi connectivity index (χ4n) is 1.38. The summed E-state index contributed by atoms with van der Waals surface area (Å²) in [6, 6.07) is -1.49. The van der Waals surface area contributed by atoms with Crippen molar-refractivity contribution in [1.82, 2.24) is 0 Å². The Balaban J connectivity index is 3.74. The van der Waals surface area contributed by atoms with Crippen molar-refractivity contribution in [3.05, 3.63) is 0 Å². The second-order valence-corrected chi connectivity index (χ2v) is 4.05. The third-order valence-corrected chi connectivity index (χ3v) is 2.55. The van der Waals surface area contributed by atoms with E-state index in [-0.39, 0.29) is 12.2 Å². The maximum Gasteiger partial charge on any atom is 0.320 e. The molecule has 0 amide bonds. The Kier molecular flexibility index (Phi) is 7.76. The average molecular weight is 230 g/mol. The minimum Gasteiger partial charge on any atom is -0.480 e. The highest BCUT2D eigenvalue weighted by Gasteiger charge is 2.17. The molecule has 94 valence electrons. The summed E-state index contributed by atoms with van der Waals surface area (Å²) in [6.45, 7) is 2.07. The quantitative estimate of drug-likeness (QED) is 0.504. The van der Waals surface area contributed by atoms with Crippen LogP contribution < -0.4 is 11.5 Å². The molecule has 5 N–H and O–H groups in total. The smallest absolute Gasteiger partial charge is 0.320 e. The number of ketones is 1. The molecular formula is C11H22N2O3. The highest BCUT2D eigenvalue weighted by Crippen LogP contribution is 2.06. The molecule has 0 aromatic carbocycles. The van der Waals surface area contributed by atoms with Gasteiger partial charge in [-0.25, -0.2) is 0 Å². The van der Waals surface area contributed by atoms with E-state index in [0.717, 1.165) is 19.3 Å². The molecule has 2 atom stereocenters. The van der Waals surface area contributed by atoms with Gasteiger partial charge in [-0.05, 0) is 19.3 Å². The zero-order valence-corrected chi connectivity index (χ0v) is 9.82. The maximum atomic E-state index is 11.5. The van der Waals surface area contributed by atoms with E-state index in [0.29, 0.717) is 12.8 Å². The van der Waals surface area contributed by atoms with E-state index in [4.69, 9.17) is 16.6 Å². The Bertz CT molecular complexity index is 231. The zero-order valence-electron chi connectivity index (χ0n) is 9.82. The Hall–Kier alpha value is -0.940. The van der Waals surface area contributed by atoms with Crippen LogP contribution in [0.5, 0.6) is 0 Å². The van der Waals surface area contributed by atoms with E-state index in [2.05, 4.69) is 6.92 Å². The van der Waals surface area contributed by atoms with Crippen LogP contribution in [-0.4, -0.2) is 28.9 Å². The van der Waals surface area contributed by atoms with E-state index in [9.17, 15) is 9.59 Å². The predicted molar refractivity (Wildman–Crippen MR) is 62.0 cm³/mol. The molecule has 0 heterocycles. The number of rotatable bonds is 9. The number of carbonyl (C=O) groups excluding carboxylic acids is 1. The van der Waals surface area contributed by atoms with Gasteiger partial charge in [0.15, 0.2) is 0 Å². The summed E-state index contributed by atoms with van der Waals surface area (Å²) in [5, 5.41) is 8.56. The van der Waals surface area contributed by atoms with E-state index in [1.54, 1.807) is 0 Å². The van der Waals surface area contributed by atoms with Crippen molar-refractivity contribution >= 4 is 11.8 Å². The van der Waals surface area contributed by atoms with Crippen LogP contribution in [0.2, 0.25) is 0 Å². The normalized spacial score (nSPS) is 14.4. The summed E-state index contributed by atoms with van der Waals surface area (Å²) in [5.74, 6) is -1.04. The standard InChI is InChI=1S/C11H22N2O3/c1-2-3-4-5-10(14)8(12)6-7-9(13)11(15)16/h8-9H,2-7,12-13H2,1H3,(H,15,16)/t8?,9-/m0/s1. The number of unbranched alkanes of at least 4 members (excludes halogenated alkanes) is 2. The Morgan fingerprint density at radius 2 is 1.69 bits per heavy atom. The average Bonchev–Trinajstić information content (AvgIpc) is 2.25. The monoisotopic (exact) mass is 230 g/mol. The van der Waals surface area contributed by atoms with Gasteiger partial charge in [0.25, 0.3) is 0 Å². The molecule has 0 bridgehead atoms. The van der Waals surface area contributed by atoms with Crippen LogP contribution in [0.25, 0.3) is 0 Å². The summed E-state index contributed by atoms with van der Waals surface area (Å²) in [4.78, 5) is 21.9. The van der Waals surface area contributed by atoms with Crippen LogP contribution in [0.3, 0.4) is 0 Å². The van der Waals surface area contributed by atoms with Gasteiger partial charge in [0, 0.05) is 6.42 Å². The molecule has 0 aliphatic heterocycles. The SMILES string of the molecule is CCCCCC(=O)C(N)CC[C@H](N)C(=O)O. The molecule has 0 aromatic rings. The molecule has 0 saturated carbocycles. The molecule has 0 rings (SSSR count). The van der Waals surface area contributed by atoms with Crippen molar-refractivity contribution in [3.63, 3.8) is 0 Å². The number of carbonyl (C=O) groups is 2. The van der Waals surface area contributed by atoms with Crippen LogP contribution in [0.1, 0.15) is 45.4 Å². The number of hydrogen-bond acceptors (Lipinski definition) is 4. The third kappa shape index (κ3) is 6.53. The zero-order chi connectivity index (χ0) is 12.6. The van der Waals surface area contributed by atoms with Crippen molar-refractivity contribution in [3.8, 4) is 0 Å². The Morgan fingerprint density at radius 1 is 1.12 bits per heavy atom. The van der Waals surface area contributed by atoms with Crippen molar-refractivity contribution in [2.45, 2.75) is 57.5 Å². The molecule has 16 heavy (non-hydrogen) atoms. The van der Waals surface area contributed by atoms with Crippen molar-refractivity contribution in [1.29, 1.82) is 0 Å². The Morgan fingerprint density at radius 3 is 2.19 bits per heavy atom. The van der Waals surface area contributed by atoms with Crippen molar-refractivity contribution < 1.29 is 14.7 Å². The van der Waals surface area contributed by atoms with Crippen LogP contribution in [-0.2, 0) is 9.59 Å². The summed E-state index contributed by atoms with van der Waals surface area (Å²) in [7, 11) is 0. The molecule has 0 aliphatic rings.